The van der Waals surface area contributed by atoms with E-state index in [0.717, 1.165) is 0 Å². The lowest BCUT2D eigenvalue weighted by molar-refractivity contribution is -0.137. The molecule has 0 fully saturated rings. The van der Waals surface area contributed by atoms with Gasteiger partial charge in [0.2, 0.25) is 0 Å². The molecule has 0 bridgehead atoms. The minimum absolute atomic E-state index is 0.0507. The molecule has 0 heterocycles. The molecular weight excluding hydrogens is 222 g/mol. The number of urea groups is 1. The Morgan fingerprint density at radius 2 is 2.00 bits per heavy atom. The molecule has 0 aliphatic heterocycles. The molecule has 0 aromatic carbocycles. The monoisotopic (exact) mass is 241 g/mol. The summed E-state index contributed by atoms with van der Waals surface area (Å²) >= 11 is 0. The van der Waals surface area contributed by atoms with Crippen LogP contribution in [-0.2, 0) is 4.79 Å². The number of carboxylic acid groups (broad SMARTS) is 1. The second kappa shape index (κ2) is 7.49. The van der Waals surface area contributed by atoms with Crippen molar-refractivity contribution < 1.29 is 14.7 Å². The van der Waals surface area contributed by atoms with Crippen LogP contribution in [-0.4, -0.2) is 53.6 Å². The van der Waals surface area contributed by atoms with Crippen molar-refractivity contribution in [3.05, 3.63) is 0 Å². The summed E-state index contributed by atoms with van der Waals surface area (Å²) in [4.78, 5) is 25.1. The van der Waals surface area contributed by atoms with Gasteiger partial charge in [-0.2, -0.15) is 5.26 Å². The molecular formula is C11H19N3O3. The van der Waals surface area contributed by atoms with E-state index < -0.39 is 5.97 Å². The van der Waals surface area contributed by atoms with Crippen LogP contribution in [0.15, 0.2) is 0 Å². The maximum absolute atomic E-state index is 11.8. The Balaban J connectivity index is 4.11. The summed E-state index contributed by atoms with van der Waals surface area (Å²) in [6, 6.07) is 1.67. The Kier molecular flexibility index (Phi) is 6.71. The lowest BCUT2D eigenvalue weighted by atomic mass is 10.2. The molecule has 6 nitrogen and oxygen atoms in total. The highest BCUT2D eigenvalue weighted by atomic mass is 16.4. The first-order chi connectivity index (χ1) is 7.90. The van der Waals surface area contributed by atoms with E-state index in [2.05, 4.69) is 0 Å². The maximum Gasteiger partial charge on any atom is 0.319 e. The summed E-state index contributed by atoms with van der Waals surface area (Å²) < 4.78 is 0. The zero-order valence-corrected chi connectivity index (χ0v) is 10.5. The van der Waals surface area contributed by atoms with Gasteiger partial charge >= 0.3 is 12.0 Å². The van der Waals surface area contributed by atoms with Crippen LogP contribution >= 0.6 is 0 Å². The van der Waals surface area contributed by atoms with Gasteiger partial charge in [-0.15, -0.1) is 0 Å². The smallest absolute Gasteiger partial charge is 0.319 e. The number of nitrogens with zero attached hydrogens (tertiary/aromatic N) is 3. The SMILES string of the molecule is CC(CC#N)N(C)C(=O)N(C)CCCC(=O)O. The molecule has 1 unspecified atom stereocenters. The van der Waals surface area contributed by atoms with Crippen LogP contribution < -0.4 is 0 Å². The fourth-order valence-corrected chi connectivity index (χ4v) is 1.29. The number of carboxylic acids is 1. The predicted octanol–water partition coefficient (Wildman–Crippen LogP) is 1.14. The molecule has 0 aromatic heterocycles. The fraction of sp³-hybridized carbons (Fsp3) is 0.727. The van der Waals surface area contributed by atoms with E-state index in [1.165, 1.54) is 9.80 Å². The molecule has 96 valence electrons. The Hall–Kier alpha value is -1.77. The zero-order chi connectivity index (χ0) is 13.4. The third-order valence-electron chi connectivity index (χ3n) is 2.56. The summed E-state index contributed by atoms with van der Waals surface area (Å²) in [5.41, 5.74) is 0. The van der Waals surface area contributed by atoms with Crippen molar-refractivity contribution in [2.75, 3.05) is 20.6 Å². The van der Waals surface area contributed by atoms with Crippen LogP contribution in [0.25, 0.3) is 0 Å². The quantitative estimate of drug-likeness (QED) is 0.755. The molecule has 0 spiro atoms. The van der Waals surface area contributed by atoms with Crippen LogP contribution in [0.3, 0.4) is 0 Å². The molecule has 2 amide bonds. The highest BCUT2D eigenvalue weighted by molar-refractivity contribution is 5.74. The van der Waals surface area contributed by atoms with Gasteiger partial charge in [0.25, 0.3) is 0 Å². The van der Waals surface area contributed by atoms with E-state index in [-0.39, 0.29) is 24.9 Å². The van der Waals surface area contributed by atoms with Crippen LogP contribution in [0.4, 0.5) is 4.79 Å². The van der Waals surface area contributed by atoms with Crippen LogP contribution in [0, 0.1) is 11.3 Å². The molecule has 0 saturated heterocycles. The van der Waals surface area contributed by atoms with Crippen molar-refractivity contribution in [2.45, 2.75) is 32.2 Å². The average Bonchev–Trinajstić information content (AvgIpc) is 2.26. The number of nitriles is 1. The largest absolute Gasteiger partial charge is 0.481 e. The first-order valence-corrected chi connectivity index (χ1v) is 5.46. The Labute approximate surface area is 101 Å². The van der Waals surface area contributed by atoms with Gasteiger partial charge in [-0.05, 0) is 13.3 Å². The number of carbonyl (C=O) groups excluding carboxylic acids is 1. The number of hydrogen-bond donors (Lipinski definition) is 1. The van der Waals surface area contributed by atoms with E-state index in [1.807, 2.05) is 6.07 Å². The van der Waals surface area contributed by atoms with Gasteiger partial charge in [-0.1, -0.05) is 0 Å². The zero-order valence-electron chi connectivity index (χ0n) is 10.5. The van der Waals surface area contributed by atoms with Gasteiger partial charge in [0.1, 0.15) is 0 Å². The summed E-state index contributed by atoms with van der Waals surface area (Å²) in [5, 5.41) is 17.0. The standard InChI is InChI=1S/C11H19N3O3/c1-9(6-7-12)14(3)11(17)13(2)8-4-5-10(15)16/h9H,4-6,8H2,1-3H3,(H,15,16). The molecule has 0 rings (SSSR count). The van der Waals surface area contributed by atoms with E-state index in [4.69, 9.17) is 10.4 Å². The Morgan fingerprint density at radius 1 is 1.41 bits per heavy atom. The number of amides is 2. The Morgan fingerprint density at radius 3 is 2.47 bits per heavy atom. The molecule has 0 saturated carbocycles. The molecule has 0 radical (unpaired) electrons. The van der Waals surface area contributed by atoms with Crippen molar-refractivity contribution in [3.63, 3.8) is 0 Å². The third-order valence-corrected chi connectivity index (χ3v) is 2.56. The molecule has 17 heavy (non-hydrogen) atoms. The lowest BCUT2D eigenvalue weighted by Gasteiger charge is -2.28. The topological polar surface area (TPSA) is 84.6 Å². The fourth-order valence-electron chi connectivity index (χ4n) is 1.29. The highest BCUT2D eigenvalue weighted by Gasteiger charge is 2.18. The van der Waals surface area contributed by atoms with Crippen molar-refractivity contribution >= 4 is 12.0 Å². The predicted molar refractivity (Wildman–Crippen MR) is 62.4 cm³/mol. The van der Waals surface area contributed by atoms with E-state index in [9.17, 15) is 9.59 Å². The number of carbonyl (C=O) groups is 2. The van der Waals surface area contributed by atoms with Gasteiger partial charge in [0.05, 0.1) is 12.5 Å². The van der Waals surface area contributed by atoms with Crippen molar-refractivity contribution in [1.82, 2.24) is 9.80 Å². The maximum atomic E-state index is 11.8. The first-order valence-electron chi connectivity index (χ1n) is 5.46. The molecule has 1 N–H and O–H groups in total. The minimum atomic E-state index is -0.864. The number of aliphatic carboxylic acids is 1. The average molecular weight is 241 g/mol. The summed E-state index contributed by atoms with van der Waals surface area (Å²) in [6.45, 7) is 2.20. The molecule has 6 heteroatoms. The van der Waals surface area contributed by atoms with Gasteiger partial charge in [0, 0.05) is 33.1 Å². The minimum Gasteiger partial charge on any atom is -0.481 e. The number of hydrogen-bond acceptors (Lipinski definition) is 3. The van der Waals surface area contributed by atoms with Gasteiger partial charge in [-0.25, -0.2) is 4.79 Å². The Bertz CT molecular complexity index is 312. The highest BCUT2D eigenvalue weighted by Crippen LogP contribution is 2.05. The van der Waals surface area contributed by atoms with Crippen LogP contribution in [0.1, 0.15) is 26.2 Å². The summed E-state index contributed by atoms with van der Waals surface area (Å²) in [6.07, 6.45) is 0.762. The lowest BCUT2D eigenvalue weighted by Crippen LogP contribution is -2.43. The second-order valence-corrected chi connectivity index (χ2v) is 4.02. The van der Waals surface area contributed by atoms with Gasteiger partial charge in [-0.3, -0.25) is 4.79 Å². The van der Waals surface area contributed by atoms with Gasteiger partial charge < -0.3 is 14.9 Å². The van der Waals surface area contributed by atoms with Crippen LogP contribution in [0.5, 0.6) is 0 Å². The summed E-state index contributed by atoms with van der Waals surface area (Å²) in [5.74, 6) is -0.864. The molecule has 1 atom stereocenters. The second-order valence-electron chi connectivity index (χ2n) is 4.02. The van der Waals surface area contributed by atoms with Crippen molar-refractivity contribution in [3.8, 4) is 6.07 Å². The molecule has 0 aromatic rings. The molecule has 0 aliphatic carbocycles. The normalized spacial score (nSPS) is 11.4. The summed E-state index contributed by atoms with van der Waals surface area (Å²) in [7, 11) is 3.26. The molecule has 0 aliphatic rings. The first kappa shape index (κ1) is 15.2. The van der Waals surface area contributed by atoms with Gasteiger partial charge in [0.15, 0.2) is 0 Å². The van der Waals surface area contributed by atoms with Crippen molar-refractivity contribution in [1.29, 1.82) is 5.26 Å². The van der Waals surface area contributed by atoms with E-state index in [1.54, 1.807) is 21.0 Å². The van der Waals surface area contributed by atoms with Crippen LogP contribution in [0.2, 0.25) is 0 Å². The van der Waals surface area contributed by atoms with E-state index >= 15 is 0 Å². The van der Waals surface area contributed by atoms with Crippen molar-refractivity contribution in [2.24, 2.45) is 0 Å². The van der Waals surface area contributed by atoms with E-state index in [0.29, 0.717) is 13.0 Å². The number of rotatable bonds is 6. The third kappa shape index (κ3) is 5.76.